The average molecular weight is 299 g/mol. The first-order valence-electron chi connectivity index (χ1n) is 8.40. The van der Waals surface area contributed by atoms with Crippen molar-refractivity contribution in [2.75, 3.05) is 0 Å². The smallest absolute Gasteiger partial charge is 0.312 e. The second kappa shape index (κ2) is 6.71. The predicted molar refractivity (Wildman–Crippen MR) is 91.2 cm³/mol. The lowest BCUT2D eigenvalue weighted by molar-refractivity contribution is -0.185. The second-order valence-corrected chi connectivity index (χ2v) is 9.19. The molecular weight excluding hydrogens is 260 g/mol. The number of esters is 1. The second-order valence-electron chi connectivity index (χ2n) is 9.19. The summed E-state index contributed by atoms with van der Waals surface area (Å²) in [5.41, 5.74) is -0.751. The minimum Gasteiger partial charge on any atom is -0.458 e. The zero-order valence-corrected chi connectivity index (χ0v) is 16.3. The molecule has 0 aliphatic heterocycles. The van der Waals surface area contributed by atoms with Crippen molar-refractivity contribution in [3.8, 4) is 0 Å². The molecule has 126 valence electrons. The zero-order valence-electron chi connectivity index (χ0n) is 16.3. The summed E-state index contributed by atoms with van der Waals surface area (Å²) >= 11 is 0. The van der Waals surface area contributed by atoms with Gasteiger partial charge in [-0.15, -0.1) is 0 Å². The molecule has 0 fully saturated rings. The number of carbonyl (C=O) groups is 1. The highest BCUT2D eigenvalue weighted by Crippen LogP contribution is 2.42. The van der Waals surface area contributed by atoms with Crippen LogP contribution in [0, 0.1) is 28.6 Å². The van der Waals surface area contributed by atoms with E-state index in [0.717, 1.165) is 6.42 Å². The molecule has 0 N–H and O–H groups in total. The van der Waals surface area contributed by atoms with Gasteiger partial charge >= 0.3 is 5.97 Å². The number of hydrogen-bond acceptors (Lipinski definition) is 2. The van der Waals surface area contributed by atoms with E-state index in [1.807, 2.05) is 0 Å². The summed E-state index contributed by atoms with van der Waals surface area (Å²) in [7, 11) is 0. The van der Waals surface area contributed by atoms with Gasteiger partial charge in [0.1, 0.15) is 5.60 Å². The van der Waals surface area contributed by atoms with Crippen LogP contribution in [0.1, 0.15) is 82.6 Å². The first-order valence-corrected chi connectivity index (χ1v) is 8.40. The van der Waals surface area contributed by atoms with Gasteiger partial charge in [0.05, 0.1) is 5.41 Å². The van der Waals surface area contributed by atoms with E-state index in [0.29, 0.717) is 11.8 Å². The van der Waals surface area contributed by atoms with Gasteiger partial charge < -0.3 is 4.74 Å². The van der Waals surface area contributed by atoms with Crippen molar-refractivity contribution in [2.45, 2.75) is 88.2 Å². The van der Waals surface area contributed by atoms with Gasteiger partial charge in [0, 0.05) is 0 Å². The van der Waals surface area contributed by atoms with Crippen molar-refractivity contribution in [1.82, 2.24) is 0 Å². The molecule has 0 aliphatic carbocycles. The largest absolute Gasteiger partial charge is 0.458 e. The molecule has 0 spiro atoms. The summed E-state index contributed by atoms with van der Waals surface area (Å²) in [4.78, 5) is 13.0. The van der Waals surface area contributed by atoms with Crippen LogP contribution >= 0.6 is 0 Å². The maximum absolute atomic E-state index is 13.0. The lowest BCUT2D eigenvalue weighted by Gasteiger charge is -2.43. The molecule has 0 aliphatic rings. The molecule has 0 heterocycles. The fraction of sp³-hybridized carbons (Fsp3) is 0.947. The Morgan fingerprint density at radius 2 is 1.19 bits per heavy atom. The van der Waals surface area contributed by atoms with Crippen LogP contribution in [0.25, 0.3) is 0 Å². The number of ether oxygens (including phenoxy) is 1. The molecule has 0 saturated carbocycles. The van der Waals surface area contributed by atoms with Gasteiger partial charge in [0.15, 0.2) is 0 Å². The first kappa shape index (κ1) is 20.5. The summed E-state index contributed by atoms with van der Waals surface area (Å²) < 4.78 is 6.09. The molecule has 0 amide bonds. The standard InChI is InChI=1S/C19H38O2/c1-13(2)18(10,12-17(7,8)9)16(20)21-19(11,14(3)4)15(5)6/h13-15H,12H2,1-11H3. The van der Waals surface area contributed by atoms with Crippen LogP contribution in [0.5, 0.6) is 0 Å². The highest BCUT2D eigenvalue weighted by molar-refractivity contribution is 5.77. The van der Waals surface area contributed by atoms with Crippen molar-refractivity contribution in [2.24, 2.45) is 28.6 Å². The van der Waals surface area contributed by atoms with Gasteiger partial charge in [-0.2, -0.15) is 0 Å². The van der Waals surface area contributed by atoms with Crippen LogP contribution in [-0.4, -0.2) is 11.6 Å². The van der Waals surface area contributed by atoms with E-state index < -0.39 is 11.0 Å². The Bertz CT molecular complexity index is 339. The fourth-order valence-electron chi connectivity index (χ4n) is 2.83. The molecule has 21 heavy (non-hydrogen) atoms. The summed E-state index contributed by atoms with van der Waals surface area (Å²) in [6, 6.07) is 0. The number of rotatable bonds is 6. The van der Waals surface area contributed by atoms with Crippen molar-refractivity contribution in [1.29, 1.82) is 0 Å². The van der Waals surface area contributed by atoms with Gasteiger partial charge in [0.25, 0.3) is 0 Å². The van der Waals surface area contributed by atoms with E-state index in [2.05, 4.69) is 76.2 Å². The van der Waals surface area contributed by atoms with Crippen molar-refractivity contribution in [3.05, 3.63) is 0 Å². The Balaban J connectivity index is 5.43. The Morgan fingerprint density at radius 1 is 0.810 bits per heavy atom. The molecule has 0 bridgehead atoms. The van der Waals surface area contributed by atoms with Crippen LogP contribution in [-0.2, 0) is 9.53 Å². The quantitative estimate of drug-likeness (QED) is 0.588. The van der Waals surface area contributed by atoms with E-state index in [1.54, 1.807) is 0 Å². The number of hydrogen-bond donors (Lipinski definition) is 0. The molecule has 0 aromatic carbocycles. The maximum atomic E-state index is 13.0. The molecule has 1 atom stereocenters. The lowest BCUT2D eigenvalue weighted by atomic mass is 9.68. The Kier molecular flexibility index (Phi) is 6.54. The van der Waals surface area contributed by atoms with Gasteiger partial charge in [-0.05, 0) is 43.4 Å². The topological polar surface area (TPSA) is 26.3 Å². The summed E-state index contributed by atoms with van der Waals surface area (Å²) in [5.74, 6) is 0.810. The molecule has 0 rings (SSSR count). The van der Waals surface area contributed by atoms with Crippen molar-refractivity contribution >= 4 is 5.97 Å². The van der Waals surface area contributed by atoms with Gasteiger partial charge in [-0.3, -0.25) is 4.79 Å². The van der Waals surface area contributed by atoms with E-state index in [9.17, 15) is 4.79 Å². The Labute approximate surface area is 133 Å². The van der Waals surface area contributed by atoms with Crippen LogP contribution < -0.4 is 0 Å². The molecular formula is C19H38O2. The van der Waals surface area contributed by atoms with Gasteiger partial charge in [0.2, 0.25) is 0 Å². The third kappa shape index (κ3) is 5.00. The van der Waals surface area contributed by atoms with Crippen LogP contribution in [0.2, 0.25) is 0 Å². The molecule has 2 nitrogen and oxygen atoms in total. The number of carbonyl (C=O) groups excluding carboxylic acids is 1. The first-order chi connectivity index (χ1) is 9.17. The predicted octanol–water partition coefficient (Wildman–Crippen LogP) is 5.70. The SMILES string of the molecule is CC(C)C(C)(CC(C)(C)C)C(=O)OC(C)(C(C)C)C(C)C. The Morgan fingerprint density at radius 3 is 1.43 bits per heavy atom. The normalized spacial score (nSPS) is 16.5. The monoisotopic (exact) mass is 298 g/mol. The van der Waals surface area contributed by atoms with Crippen LogP contribution in [0.3, 0.4) is 0 Å². The fourth-order valence-corrected chi connectivity index (χ4v) is 2.83. The molecule has 1 unspecified atom stereocenters. The van der Waals surface area contributed by atoms with E-state index >= 15 is 0 Å². The molecule has 0 saturated heterocycles. The third-order valence-electron chi connectivity index (χ3n) is 5.24. The summed E-state index contributed by atoms with van der Waals surface area (Å²) in [5, 5.41) is 0. The Hall–Kier alpha value is -0.530. The summed E-state index contributed by atoms with van der Waals surface area (Å²) in [6.45, 7) is 23.4. The van der Waals surface area contributed by atoms with Crippen molar-refractivity contribution < 1.29 is 9.53 Å². The average Bonchev–Trinajstić information content (AvgIpc) is 2.25. The summed E-state index contributed by atoms with van der Waals surface area (Å²) in [6.07, 6.45) is 0.836. The lowest BCUT2D eigenvalue weighted by Crippen LogP contribution is -2.48. The maximum Gasteiger partial charge on any atom is 0.312 e. The van der Waals surface area contributed by atoms with Crippen LogP contribution in [0.4, 0.5) is 0 Å². The minimum atomic E-state index is -0.441. The molecule has 0 aromatic rings. The minimum absolute atomic E-state index is 0.0441. The van der Waals surface area contributed by atoms with E-state index in [-0.39, 0.29) is 17.3 Å². The van der Waals surface area contributed by atoms with Gasteiger partial charge in [-0.25, -0.2) is 0 Å². The van der Waals surface area contributed by atoms with Crippen molar-refractivity contribution in [3.63, 3.8) is 0 Å². The van der Waals surface area contributed by atoms with Gasteiger partial charge in [-0.1, -0.05) is 62.3 Å². The van der Waals surface area contributed by atoms with Crippen LogP contribution in [0.15, 0.2) is 0 Å². The van der Waals surface area contributed by atoms with E-state index in [4.69, 9.17) is 4.74 Å². The highest BCUT2D eigenvalue weighted by Gasteiger charge is 2.45. The highest BCUT2D eigenvalue weighted by atomic mass is 16.6. The molecule has 0 radical (unpaired) electrons. The zero-order chi connectivity index (χ0) is 17.2. The third-order valence-corrected chi connectivity index (χ3v) is 5.24. The molecule has 2 heteroatoms. The van der Waals surface area contributed by atoms with E-state index in [1.165, 1.54) is 0 Å². The molecule has 0 aromatic heterocycles.